The van der Waals surface area contributed by atoms with Crippen molar-refractivity contribution in [1.29, 1.82) is 0 Å². The van der Waals surface area contributed by atoms with Crippen molar-refractivity contribution in [2.45, 2.75) is 39.7 Å². The van der Waals surface area contributed by atoms with E-state index in [1.54, 1.807) is 33.2 Å². The Morgan fingerprint density at radius 2 is 1.77 bits per heavy atom. The Morgan fingerprint density at radius 3 is 2.43 bits per heavy atom. The lowest BCUT2D eigenvalue weighted by Crippen LogP contribution is -2.26. The molecule has 2 aromatic heterocycles. The van der Waals surface area contributed by atoms with Crippen LogP contribution in [-0.4, -0.2) is 26.5 Å². The minimum absolute atomic E-state index is 0.00985. The Morgan fingerprint density at radius 1 is 1.07 bits per heavy atom. The lowest BCUT2D eigenvalue weighted by atomic mass is 10.0. The molecule has 0 bridgehead atoms. The molecular formula is C24H22ClN3O2. The van der Waals surface area contributed by atoms with E-state index in [4.69, 9.17) is 16.3 Å². The molecule has 0 unspecified atom stereocenters. The van der Waals surface area contributed by atoms with E-state index in [0.717, 1.165) is 16.7 Å². The molecule has 0 amide bonds. The Bertz CT molecular complexity index is 1130. The number of rotatable bonds is 3. The first-order chi connectivity index (χ1) is 14.2. The summed E-state index contributed by atoms with van der Waals surface area (Å²) in [6.45, 7) is 7.23. The van der Waals surface area contributed by atoms with Crippen molar-refractivity contribution in [3.05, 3.63) is 87.7 Å². The third-order valence-electron chi connectivity index (χ3n) is 4.13. The molecule has 152 valence electrons. The van der Waals surface area contributed by atoms with Crippen molar-refractivity contribution in [3.8, 4) is 11.8 Å². The van der Waals surface area contributed by atoms with E-state index in [-0.39, 0.29) is 5.82 Å². The number of ether oxygens (including phenoxy) is 1. The van der Waals surface area contributed by atoms with Gasteiger partial charge in [-0.25, -0.2) is 14.8 Å². The summed E-state index contributed by atoms with van der Waals surface area (Å²) in [6, 6.07) is 11.2. The van der Waals surface area contributed by atoms with Crippen molar-refractivity contribution in [3.63, 3.8) is 0 Å². The van der Waals surface area contributed by atoms with Crippen LogP contribution in [0.3, 0.4) is 0 Å². The number of esters is 1. The van der Waals surface area contributed by atoms with Crippen LogP contribution < -0.4 is 0 Å². The molecule has 0 saturated carbocycles. The highest BCUT2D eigenvalue weighted by molar-refractivity contribution is 6.31. The average molecular weight is 420 g/mol. The summed E-state index contributed by atoms with van der Waals surface area (Å²) in [5.74, 6) is 5.57. The molecular weight excluding hydrogens is 398 g/mol. The van der Waals surface area contributed by atoms with Gasteiger partial charge in [0.25, 0.3) is 0 Å². The Labute approximate surface area is 181 Å². The number of aromatic nitrogens is 3. The number of carbonyl (C=O) groups is 1. The number of carbonyl (C=O) groups excluding carboxylic acids is 1. The summed E-state index contributed by atoms with van der Waals surface area (Å²) in [7, 11) is 0. The minimum atomic E-state index is -0.645. The molecule has 0 aliphatic rings. The fourth-order valence-electron chi connectivity index (χ4n) is 2.72. The van der Waals surface area contributed by atoms with Crippen LogP contribution in [0.1, 0.15) is 59.5 Å². The van der Waals surface area contributed by atoms with Gasteiger partial charge in [-0.15, -0.1) is 0 Å². The first kappa shape index (κ1) is 21.5. The SMILES string of the molecule is Cc1nc(C(=O)OC(C)(C)C)nc(C#Cc2ccncc2)c1Cc1ccccc1Cl. The van der Waals surface area contributed by atoms with Crippen molar-refractivity contribution < 1.29 is 9.53 Å². The second-order valence-electron chi connectivity index (χ2n) is 7.72. The molecule has 0 spiro atoms. The number of aryl methyl sites for hydroxylation is 1. The van der Waals surface area contributed by atoms with Crippen molar-refractivity contribution in [1.82, 2.24) is 15.0 Å². The predicted octanol–water partition coefficient (Wildman–Crippen LogP) is 4.78. The molecule has 0 fully saturated rings. The van der Waals surface area contributed by atoms with Gasteiger partial charge >= 0.3 is 5.97 Å². The summed E-state index contributed by atoms with van der Waals surface area (Å²) >= 11 is 6.35. The van der Waals surface area contributed by atoms with Crippen LogP contribution in [0, 0.1) is 18.8 Å². The Balaban J connectivity index is 2.07. The van der Waals surface area contributed by atoms with E-state index in [0.29, 0.717) is 22.8 Å². The summed E-state index contributed by atoms with van der Waals surface area (Å²) in [5.41, 5.74) is 3.03. The van der Waals surface area contributed by atoms with Crippen LogP contribution in [-0.2, 0) is 11.2 Å². The maximum Gasteiger partial charge on any atom is 0.376 e. The Hall–Kier alpha value is -3.23. The van der Waals surface area contributed by atoms with Gasteiger partial charge in [-0.3, -0.25) is 4.98 Å². The number of pyridine rings is 1. The first-order valence-electron chi connectivity index (χ1n) is 9.49. The van der Waals surface area contributed by atoms with Gasteiger partial charge in [0.1, 0.15) is 11.3 Å². The van der Waals surface area contributed by atoms with Gasteiger partial charge in [0.05, 0.1) is 0 Å². The highest BCUT2D eigenvalue weighted by Gasteiger charge is 2.22. The smallest absolute Gasteiger partial charge is 0.376 e. The van der Waals surface area contributed by atoms with E-state index >= 15 is 0 Å². The fraction of sp³-hybridized carbons (Fsp3) is 0.250. The molecule has 0 saturated heterocycles. The lowest BCUT2D eigenvalue weighted by molar-refractivity contribution is 0.00550. The topological polar surface area (TPSA) is 65.0 Å². The molecule has 5 nitrogen and oxygen atoms in total. The Kier molecular flexibility index (Phi) is 6.49. The molecule has 0 atom stereocenters. The zero-order valence-electron chi connectivity index (χ0n) is 17.4. The number of hydrogen-bond acceptors (Lipinski definition) is 5. The maximum absolute atomic E-state index is 12.5. The van der Waals surface area contributed by atoms with E-state index in [9.17, 15) is 4.79 Å². The largest absolute Gasteiger partial charge is 0.454 e. The quantitative estimate of drug-likeness (QED) is 0.451. The third-order valence-corrected chi connectivity index (χ3v) is 4.49. The molecule has 1 aromatic carbocycles. The highest BCUT2D eigenvalue weighted by atomic mass is 35.5. The van der Waals surface area contributed by atoms with Gasteiger partial charge in [-0.05, 0) is 57.4 Å². The predicted molar refractivity (Wildman–Crippen MR) is 116 cm³/mol. The number of hydrogen-bond donors (Lipinski definition) is 0. The zero-order valence-corrected chi connectivity index (χ0v) is 18.1. The molecule has 0 N–H and O–H groups in total. The molecule has 0 radical (unpaired) electrons. The van der Waals surface area contributed by atoms with Crippen LogP contribution in [0.5, 0.6) is 0 Å². The average Bonchev–Trinajstić information content (AvgIpc) is 2.69. The van der Waals surface area contributed by atoms with Gasteiger partial charge in [0.15, 0.2) is 0 Å². The van der Waals surface area contributed by atoms with Gasteiger partial charge < -0.3 is 4.74 Å². The van der Waals surface area contributed by atoms with E-state index in [2.05, 4.69) is 26.8 Å². The highest BCUT2D eigenvalue weighted by Crippen LogP contribution is 2.22. The van der Waals surface area contributed by atoms with E-state index in [1.807, 2.05) is 43.3 Å². The van der Waals surface area contributed by atoms with Crippen LogP contribution in [0.2, 0.25) is 5.02 Å². The first-order valence-corrected chi connectivity index (χ1v) is 9.87. The fourth-order valence-corrected chi connectivity index (χ4v) is 2.93. The molecule has 3 aromatic rings. The number of nitrogens with zero attached hydrogens (tertiary/aromatic N) is 3. The van der Waals surface area contributed by atoms with E-state index in [1.165, 1.54) is 0 Å². The molecule has 2 heterocycles. The van der Waals surface area contributed by atoms with Crippen LogP contribution in [0.4, 0.5) is 0 Å². The second-order valence-corrected chi connectivity index (χ2v) is 8.12. The number of halogens is 1. The summed E-state index contributed by atoms with van der Waals surface area (Å²) in [5, 5.41) is 0.654. The third kappa shape index (κ3) is 5.65. The molecule has 30 heavy (non-hydrogen) atoms. The zero-order chi connectivity index (χ0) is 21.7. The van der Waals surface area contributed by atoms with Crippen LogP contribution in [0.25, 0.3) is 0 Å². The van der Waals surface area contributed by atoms with E-state index < -0.39 is 11.6 Å². The van der Waals surface area contributed by atoms with Gasteiger partial charge in [0, 0.05) is 40.7 Å². The molecule has 0 aliphatic carbocycles. The van der Waals surface area contributed by atoms with Crippen LogP contribution in [0.15, 0.2) is 48.8 Å². The molecule has 0 aliphatic heterocycles. The standard InChI is InChI=1S/C24H22ClN3O2/c1-16-19(15-18-7-5-6-8-20(18)25)21(10-9-17-11-13-26-14-12-17)28-22(27-16)23(29)30-24(2,3)4/h5-8,11-14H,15H2,1-4H3. The normalized spacial score (nSPS) is 10.8. The van der Waals surface area contributed by atoms with Crippen LogP contribution >= 0.6 is 11.6 Å². The monoisotopic (exact) mass is 419 g/mol. The summed E-state index contributed by atoms with van der Waals surface area (Å²) in [4.78, 5) is 25.4. The van der Waals surface area contributed by atoms with Gasteiger partial charge in [0.2, 0.25) is 5.82 Å². The van der Waals surface area contributed by atoms with Gasteiger partial charge in [-0.2, -0.15) is 0 Å². The second kappa shape index (κ2) is 9.06. The van der Waals surface area contributed by atoms with Crippen molar-refractivity contribution in [2.24, 2.45) is 0 Å². The molecule has 3 rings (SSSR count). The minimum Gasteiger partial charge on any atom is -0.454 e. The maximum atomic E-state index is 12.5. The molecule has 6 heteroatoms. The van der Waals surface area contributed by atoms with Gasteiger partial charge in [-0.1, -0.05) is 35.7 Å². The summed E-state index contributed by atoms with van der Waals surface area (Å²) in [6.07, 6.45) is 3.85. The lowest BCUT2D eigenvalue weighted by Gasteiger charge is -2.19. The number of benzene rings is 1. The summed E-state index contributed by atoms with van der Waals surface area (Å²) < 4.78 is 5.43. The van der Waals surface area contributed by atoms with Crippen molar-refractivity contribution in [2.75, 3.05) is 0 Å². The van der Waals surface area contributed by atoms with Crippen molar-refractivity contribution >= 4 is 17.6 Å².